The molecule has 2 saturated carbocycles. The largest absolute Gasteiger partial charge is 0.282 e. The van der Waals surface area contributed by atoms with E-state index in [1.807, 2.05) is 24.3 Å². The Morgan fingerprint density at radius 3 is 1.61 bits per heavy atom. The van der Waals surface area contributed by atoms with Crippen molar-refractivity contribution < 1.29 is 19.2 Å². The molecule has 168 valence electrons. The van der Waals surface area contributed by atoms with Gasteiger partial charge < -0.3 is 0 Å². The minimum Gasteiger partial charge on any atom is -0.282 e. The van der Waals surface area contributed by atoms with E-state index in [-0.39, 0.29) is 71.0 Å². The number of carbonyl (C=O) groups excluding carboxylic acids is 4. The molecule has 6 aliphatic rings. The number of amides is 4. The van der Waals surface area contributed by atoms with Crippen LogP contribution in [0.25, 0.3) is 0 Å². The van der Waals surface area contributed by atoms with Crippen LogP contribution in [-0.2, 0) is 32.1 Å². The maximum atomic E-state index is 13.0. The fourth-order valence-corrected chi connectivity index (χ4v) is 7.61. The van der Waals surface area contributed by atoms with Crippen LogP contribution >= 0.6 is 0 Å². The molecule has 4 fully saturated rings. The molecule has 1 aromatic rings. The number of fused-ring (bicyclic) bond motifs is 10. The van der Waals surface area contributed by atoms with E-state index in [4.69, 9.17) is 0 Å². The number of imide groups is 2. The summed E-state index contributed by atoms with van der Waals surface area (Å²) in [6.45, 7) is 0.674. The molecule has 1 aromatic carbocycles. The second-order valence-electron chi connectivity index (χ2n) is 10.7. The average Bonchev–Trinajstić information content (AvgIpc) is 3.64. The van der Waals surface area contributed by atoms with Crippen LogP contribution in [0, 0.1) is 47.3 Å². The van der Waals surface area contributed by atoms with Crippen LogP contribution < -0.4 is 0 Å². The van der Waals surface area contributed by atoms with Crippen LogP contribution in [0.15, 0.2) is 48.6 Å². The molecule has 2 heterocycles. The minimum atomic E-state index is -0.174. The zero-order chi connectivity index (χ0) is 22.4. The third-order valence-electron chi connectivity index (χ3n) is 9.08. The first-order valence-electron chi connectivity index (χ1n) is 12.2. The molecular formula is C27H26N2O4. The zero-order valence-electron chi connectivity index (χ0n) is 18.3. The lowest BCUT2D eigenvalue weighted by atomic mass is 9.85. The quantitative estimate of drug-likeness (QED) is 0.518. The number of hydrogen-bond donors (Lipinski definition) is 0. The van der Waals surface area contributed by atoms with Gasteiger partial charge >= 0.3 is 0 Å². The van der Waals surface area contributed by atoms with Gasteiger partial charge in [0.15, 0.2) is 0 Å². The van der Waals surface area contributed by atoms with Crippen molar-refractivity contribution in [2.24, 2.45) is 47.3 Å². The van der Waals surface area contributed by atoms with Crippen molar-refractivity contribution in [1.29, 1.82) is 0 Å². The molecule has 8 atom stereocenters. The van der Waals surface area contributed by atoms with Crippen molar-refractivity contribution in [1.82, 2.24) is 9.80 Å². The van der Waals surface area contributed by atoms with Gasteiger partial charge in [-0.1, -0.05) is 48.6 Å². The summed E-state index contributed by atoms with van der Waals surface area (Å²) in [5.41, 5.74) is 1.92. The van der Waals surface area contributed by atoms with E-state index in [1.165, 1.54) is 9.80 Å². The van der Waals surface area contributed by atoms with E-state index in [2.05, 4.69) is 24.3 Å². The fraction of sp³-hybridized carbons (Fsp3) is 0.481. The Morgan fingerprint density at radius 1 is 0.636 bits per heavy atom. The number of nitrogens with zero attached hydrogens (tertiary/aromatic N) is 2. The lowest BCUT2D eigenvalue weighted by Gasteiger charge is -2.19. The number of likely N-dealkylation sites (tertiary alicyclic amines) is 2. The lowest BCUT2D eigenvalue weighted by molar-refractivity contribution is -0.142. The molecule has 6 nitrogen and oxygen atoms in total. The summed E-state index contributed by atoms with van der Waals surface area (Å²) in [5.74, 6) is 0.134. The Hall–Kier alpha value is -3.02. The monoisotopic (exact) mass is 442 g/mol. The SMILES string of the molecule is O=C1C2C3C=CC(C3)C2C(=O)N1CCc1cccc(CN2C(=O)C3C4C=CC(C4)C3C2=O)c1. The molecule has 2 aliphatic heterocycles. The number of benzene rings is 1. The standard InChI is InChI=1S/C27H26N2O4/c30-24-20-16-4-5-17(11-16)21(20)25(31)28(24)9-8-14-2-1-3-15(10-14)13-29-26(32)22-18-6-7-19(12-18)23(22)27(29)33/h1-7,10,16-23H,8-9,11-13H2. The number of hydrogen-bond acceptors (Lipinski definition) is 4. The highest BCUT2D eigenvalue weighted by atomic mass is 16.2. The molecule has 0 spiro atoms. The van der Waals surface area contributed by atoms with Crippen LogP contribution in [0.3, 0.4) is 0 Å². The van der Waals surface area contributed by atoms with Gasteiger partial charge in [-0.25, -0.2) is 0 Å². The number of carbonyl (C=O) groups is 4. The van der Waals surface area contributed by atoms with Crippen molar-refractivity contribution >= 4 is 23.6 Å². The first-order valence-corrected chi connectivity index (χ1v) is 12.2. The normalized spacial score (nSPS) is 39.5. The van der Waals surface area contributed by atoms with E-state index in [0.717, 1.165) is 24.0 Å². The zero-order valence-corrected chi connectivity index (χ0v) is 18.3. The fourth-order valence-electron chi connectivity index (χ4n) is 7.61. The van der Waals surface area contributed by atoms with E-state index in [1.54, 1.807) is 0 Å². The third kappa shape index (κ3) is 2.61. The summed E-state index contributed by atoms with van der Waals surface area (Å²) < 4.78 is 0. The molecule has 0 radical (unpaired) electrons. The summed E-state index contributed by atoms with van der Waals surface area (Å²) in [7, 11) is 0. The molecule has 33 heavy (non-hydrogen) atoms. The molecule has 4 aliphatic carbocycles. The smallest absolute Gasteiger partial charge is 0.234 e. The van der Waals surface area contributed by atoms with Crippen LogP contribution in [0.2, 0.25) is 0 Å². The Morgan fingerprint density at radius 2 is 1.09 bits per heavy atom. The van der Waals surface area contributed by atoms with E-state index >= 15 is 0 Å². The van der Waals surface area contributed by atoms with Crippen molar-refractivity contribution in [2.45, 2.75) is 25.8 Å². The Kier molecular flexibility index (Phi) is 3.98. The van der Waals surface area contributed by atoms with Crippen molar-refractivity contribution in [3.8, 4) is 0 Å². The van der Waals surface area contributed by atoms with E-state index in [0.29, 0.717) is 19.5 Å². The molecule has 6 heteroatoms. The molecule has 4 amide bonds. The summed E-state index contributed by atoms with van der Waals surface area (Å²) >= 11 is 0. The summed E-state index contributed by atoms with van der Waals surface area (Å²) in [5, 5.41) is 0. The van der Waals surface area contributed by atoms with Gasteiger partial charge in [-0.05, 0) is 54.1 Å². The summed E-state index contributed by atoms with van der Waals surface area (Å²) in [6.07, 6.45) is 10.9. The van der Waals surface area contributed by atoms with E-state index < -0.39 is 0 Å². The topological polar surface area (TPSA) is 74.8 Å². The Bertz CT molecular complexity index is 1110. The van der Waals surface area contributed by atoms with Crippen LogP contribution in [0.1, 0.15) is 24.0 Å². The first kappa shape index (κ1) is 19.4. The second-order valence-corrected chi connectivity index (χ2v) is 10.7. The summed E-state index contributed by atoms with van der Waals surface area (Å²) in [4.78, 5) is 54.7. The molecule has 0 N–H and O–H groups in total. The first-order chi connectivity index (χ1) is 16.0. The van der Waals surface area contributed by atoms with Gasteiger partial charge in [0.1, 0.15) is 0 Å². The highest BCUT2D eigenvalue weighted by Crippen LogP contribution is 2.53. The Labute approximate surface area is 192 Å². The number of rotatable bonds is 5. The van der Waals surface area contributed by atoms with Gasteiger partial charge in [-0.3, -0.25) is 29.0 Å². The lowest BCUT2D eigenvalue weighted by Crippen LogP contribution is -2.34. The molecular weight excluding hydrogens is 416 g/mol. The van der Waals surface area contributed by atoms with Crippen LogP contribution in [-0.4, -0.2) is 40.0 Å². The maximum Gasteiger partial charge on any atom is 0.234 e. The second kappa shape index (κ2) is 6.75. The maximum absolute atomic E-state index is 13.0. The number of allylic oxidation sites excluding steroid dienone is 4. The summed E-state index contributed by atoms with van der Waals surface area (Å²) in [6, 6.07) is 7.84. The van der Waals surface area contributed by atoms with Gasteiger partial charge in [0, 0.05) is 6.54 Å². The minimum absolute atomic E-state index is 0.0129. The van der Waals surface area contributed by atoms with Gasteiger partial charge in [0.25, 0.3) is 0 Å². The molecule has 7 rings (SSSR count). The molecule has 2 saturated heterocycles. The van der Waals surface area contributed by atoms with Crippen molar-refractivity contribution in [3.05, 3.63) is 59.7 Å². The molecule has 8 unspecified atom stereocenters. The van der Waals surface area contributed by atoms with E-state index in [9.17, 15) is 19.2 Å². The highest BCUT2D eigenvalue weighted by molar-refractivity contribution is 6.07. The van der Waals surface area contributed by atoms with Gasteiger partial charge in [-0.2, -0.15) is 0 Å². The van der Waals surface area contributed by atoms with Crippen molar-refractivity contribution in [3.63, 3.8) is 0 Å². The Balaban J connectivity index is 1.03. The molecule has 4 bridgehead atoms. The van der Waals surface area contributed by atoms with Crippen LogP contribution in [0.5, 0.6) is 0 Å². The third-order valence-corrected chi connectivity index (χ3v) is 9.08. The molecule has 0 aromatic heterocycles. The predicted octanol–water partition coefficient (Wildman–Crippen LogP) is 2.34. The van der Waals surface area contributed by atoms with Crippen molar-refractivity contribution in [2.75, 3.05) is 6.54 Å². The predicted molar refractivity (Wildman–Crippen MR) is 118 cm³/mol. The van der Waals surface area contributed by atoms with Crippen LogP contribution in [0.4, 0.5) is 0 Å². The average molecular weight is 443 g/mol. The van der Waals surface area contributed by atoms with Gasteiger partial charge in [0.2, 0.25) is 23.6 Å². The van der Waals surface area contributed by atoms with Gasteiger partial charge in [-0.15, -0.1) is 0 Å². The van der Waals surface area contributed by atoms with Gasteiger partial charge in [0.05, 0.1) is 30.2 Å². The highest BCUT2D eigenvalue weighted by Gasteiger charge is 2.60.